The van der Waals surface area contributed by atoms with Crippen molar-refractivity contribution >= 4 is 58.2 Å². The number of amides is 2. The summed E-state index contributed by atoms with van der Waals surface area (Å²) in [4.78, 5) is 47.5. The number of fused-ring (bicyclic) bond motifs is 1. The van der Waals surface area contributed by atoms with Crippen LogP contribution in [0.15, 0.2) is 47.4 Å². The normalized spacial score (nSPS) is 16.1. The SMILES string of the molecule is CC(OC(=O)CC1Sc2ccc(Cl)cc2NC1=O)C(=O)Nc1ccc([N+](=O)[O-])cc1. The van der Waals surface area contributed by atoms with E-state index in [0.717, 1.165) is 4.90 Å². The van der Waals surface area contributed by atoms with Gasteiger partial charge in [0.1, 0.15) is 0 Å². The Balaban J connectivity index is 1.53. The topological polar surface area (TPSA) is 128 Å². The molecule has 2 unspecified atom stereocenters. The number of carbonyl (C=O) groups excluding carboxylic acids is 3. The van der Waals surface area contributed by atoms with Gasteiger partial charge in [-0.1, -0.05) is 11.6 Å². The number of nitro groups is 1. The van der Waals surface area contributed by atoms with Crippen molar-refractivity contribution in [2.45, 2.75) is 29.6 Å². The zero-order chi connectivity index (χ0) is 21.8. The molecule has 0 spiro atoms. The maximum Gasteiger partial charge on any atom is 0.308 e. The number of halogens is 1. The van der Waals surface area contributed by atoms with Crippen molar-refractivity contribution in [1.82, 2.24) is 0 Å². The first-order valence-corrected chi connectivity index (χ1v) is 10.0. The molecule has 2 amide bonds. The molecule has 156 valence electrons. The predicted octanol–water partition coefficient (Wildman–Crippen LogP) is 3.62. The summed E-state index contributed by atoms with van der Waals surface area (Å²) in [5, 5.41) is 15.7. The van der Waals surface area contributed by atoms with Gasteiger partial charge in [-0.3, -0.25) is 24.5 Å². The number of hydrogen-bond donors (Lipinski definition) is 2. The number of nitrogens with one attached hydrogen (secondary N) is 2. The van der Waals surface area contributed by atoms with Crippen molar-refractivity contribution in [3.63, 3.8) is 0 Å². The van der Waals surface area contributed by atoms with E-state index in [1.807, 2.05) is 0 Å². The van der Waals surface area contributed by atoms with Gasteiger partial charge in [-0.2, -0.15) is 0 Å². The molecule has 1 aliphatic rings. The van der Waals surface area contributed by atoms with Crippen LogP contribution in [0.1, 0.15) is 13.3 Å². The maximum atomic E-state index is 12.2. The van der Waals surface area contributed by atoms with Crippen LogP contribution in [-0.2, 0) is 19.1 Å². The van der Waals surface area contributed by atoms with Gasteiger partial charge >= 0.3 is 5.97 Å². The number of esters is 1. The first kappa shape index (κ1) is 21.6. The van der Waals surface area contributed by atoms with Crippen molar-refractivity contribution < 1.29 is 24.0 Å². The Hall–Kier alpha value is -3.11. The number of ether oxygens (including phenoxy) is 1. The summed E-state index contributed by atoms with van der Waals surface area (Å²) in [6, 6.07) is 10.3. The fourth-order valence-electron chi connectivity index (χ4n) is 2.62. The van der Waals surface area contributed by atoms with Gasteiger partial charge in [-0.15, -0.1) is 11.8 Å². The molecule has 0 radical (unpaired) electrons. The summed E-state index contributed by atoms with van der Waals surface area (Å²) in [6.07, 6.45) is -1.33. The number of thioether (sulfide) groups is 1. The Morgan fingerprint density at radius 1 is 1.30 bits per heavy atom. The monoisotopic (exact) mass is 449 g/mol. The highest BCUT2D eigenvalue weighted by atomic mass is 35.5. The van der Waals surface area contributed by atoms with Gasteiger partial charge in [0.2, 0.25) is 5.91 Å². The molecule has 2 atom stereocenters. The van der Waals surface area contributed by atoms with E-state index < -0.39 is 28.2 Å². The highest BCUT2D eigenvalue weighted by Crippen LogP contribution is 2.38. The number of benzene rings is 2. The van der Waals surface area contributed by atoms with Gasteiger partial charge in [-0.05, 0) is 37.3 Å². The molecule has 9 nitrogen and oxygen atoms in total. The Morgan fingerprint density at radius 2 is 2.00 bits per heavy atom. The molecule has 0 saturated carbocycles. The van der Waals surface area contributed by atoms with Crippen LogP contribution in [0.4, 0.5) is 17.1 Å². The predicted molar refractivity (Wildman–Crippen MR) is 112 cm³/mol. The molecular formula is C19H16ClN3O6S. The number of non-ortho nitro benzene ring substituents is 1. The van der Waals surface area contributed by atoms with Crippen molar-refractivity contribution in [3.05, 3.63) is 57.6 Å². The van der Waals surface area contributed by atoms with Gasteiger partial charge in [0.15, 0.2) is 6.10 Å². The number of nitro benzene ring substituents is 1. The minimum Gasteiger partial charge on any atom is -0.452 e. The molecule has 11 heteroatoms. The van der Waals surface area contributed by atoms with Crippen LogP contribution in [0, 0.1) is 10.1 Å². The molecule has 0 aliphatic carbocycles. The van der Waals surface area contributed by atoms with Gasteiger partial charge < -0.3 is 15.4 Å². The van der Waals surface area contributed by atoms with Crippen molar-refractivity contribution in [2.24, 2.45) is 0 Å². The summed E-state index contributed by atoms with van der Waals surface area (Å²) in [5.74, 6) is -1.65. The molecule has 2 aromatic rings. The van der Waals surface area contributed by atoms with E-state index in [4.69, 9.17) is 16.3 Å². The lowest BCUT2D eigenvalue weighted by Crippen LogP contribution is -2.34. The van der Waals surface area contributed by atoms with Gasteiger partial charge in [0.25, 0.3) is 11.6 Å². The number of anilines is 2. The largest absolute Gasteiger partial charge is 0.452 e. The molecule has 1 heterocycles. The van der Waals surface area contributed by atoms with Crippen molar-refractivity contribution in [3.8, 4) is 0 Å². The maximum absolute atomic E-state index is 12.2. The van der Waals surface area contributed by atoms with Crippen LogP contribution in [0.25, 0.3) is 0 Å². The molecule has 0 bridgehead atoms. The van der Waals surface area contributed by atoms with Gasteiger partial charge in [-0.25, -0.2) is 0 Å². The molecule has 2 N–H and O–H groups in total. The van der Waals surface area contributed by atoms with Crippen LogP contribution in [0.5, 0.6) is 0 Å². The van der Waals surface area contributed by atoms with Crippen LogP contribution in [-0.4, -0.2) is 34.1 Å². The zero-order valence-electron chi connectivity index (χ0n) is 15.6. The summed E-state index contributed by atoms with van der Waals surface area (Å²) in [5.41, 5.74) is 0.795. The average molecular weight is 450 g/mol. The van der Waals surface area contributed by atoms with E-state index >= 15 is 0 Å². The second-order valence-corrected chi connectivity index (χ2v) is 8.05. The fraction of sp³-hybridized carbons (Fsp3) is 0.211. The minimum atomic E-state index is -1.12. The third kappa shape index (κ3) is 5.28. The Bertz CT molecular complexity index is 1010. The molecule has 30 heavy (non-hydrogen) atoms. The van der Waals surface area contributed by atoms with E-state index in [0.29, 0.717) is 16.4 Å². The molecule has 0 saturated heterocycles. The summed E-state index contributed by atoms with van der Waals surface area (Å²) < 4.78 is 5.13. The molecule has 3 rings (SSSR count). The summed E-state index contributed by atoms with van der Waals surface area (Å²) in [6.45, 7) is 1.39. The highest BCUT2D eigenvalue weighted by molar-refractivity contribution is 8.01. The first-order valence-electron chi connectivity index (χ1n) is 8.75. The average Bonchev–Trinajstić information content (AvgIpc) is 2.69. The number of nitrogens with zero attached hydrogens (tertiary/aromatic N) is 1. The van der Waals surface area contributed by atoms with Crippen LogP contribution < -0.4 is 10.6 Å². The standard InChI is InChI=1S/C19H16ClN3O6S/c1-10(18(25)21-12-3-5-13(6-4-12)23(27)28)29-17(24)9-16-19(26)22-14-8-11(20)2-7-15(14)30-16/h2-8,10,16H,9H2,1H3,(H,21,25)(H,22,26). The molecule has 0 aromatic heterocycles. The van der Waals surface area contributed by atoms with Gasteiger partial charge in [0.05, 0.1) is 22.3 Å². The highest BCUT2D eigenvalue weighted by Gasteiger charge is 2.31. The summed E-state index contributed by atoms with van der Waals surface area (Å²) >= 11 is 7.13. The lowest BCUT2D eigenvalue weighted by atomic mass is 10.2. The first-order chi connectivity index (χ1) is 14.2. The fourth-order valence-corrected chi connectivity index (χ4v) is 3.87. The van der Waals surface area contributed by atoms with Crippen LogP contribution in [0.2, 0.25) is 5.02 Å². The van der Waals surface area contributed by atoms with Gasteiger partial charge in [0, 0.05) is 27.7 Å². The van der Waals surface area contributed by atoms with Crippen molar-refractivity contribution in [2.75, 3.05) is 10.6 Å². The molecule has 2 aromatic carbocycles. The Kier molecular flexibility index (Phi) is 6.58. The van der Waals surface area contributed by atoms with Crippen LogP contribution >= 0.6 is 23.4 Å². The minimum absolute atomic E-state index is 0.112. The number of hydrogen-bond acceptors (Lipinski definition) is 7. The quantitative estimate of drug-likeness (QED) is 0.391. The third-order valence-corrected chi connectivity index (χ3v) is 5.65. The molecular weight excluding hydrogens is 434 g/mol. The van der Waals surface area contributed by atoms with E-state index in [9.17, 15) is 24.5 Å². The Labute approximate surface area is 180 Å². The summed E-state index contributed by atoms with van der Waals surface area (Å²) in [7, 11) is 0. The van der Waals surface area contributed by atoms with E-state index in [1.165, 1.54) is 43.0 Å². The Morgan fingerprint density at radius 3 is 2.67 bits per heavy atom. The lowest BCUT2D eigenvalue weighted by Gasteiger charge is -2.24. The number of rotatable bonds is 6. The van der Waals surface area contributed by atoms with E-state index in [1.54, 1.807) is 18.2 Å². The zero-order valence-corrected chi connectivity index (χ0v) is 17.2. The lowest BCUT2D eigenvalue weighted by molar-refractivity contribution is -0.384. The molecule has 0 fully saturated rings. The second kappa shape index (κ2) is 9.14. The van der Waals surface area contributed by atoms with Crippen LogP contribution in [0.3, 0.4) is 0 Å². The van der Waals surface area contributed by atoms with E-state index in [-0.39, 0.29) is 18.0 Å². The molecule has 1 aliphatic heterocycles. The third-order valence-electron chi connectivity index (χ3n) is 4.14. The number of carbonyl (C=O) groups is 3. The smallest absolute Gasteiger partial charge is 0.308 e. The second-order valence-electron chi connectivity index (χ2n) is 6.37. The van der Waals surface area contributed by atoms with E-state index in [2.05, 4.69) is 10.6 Å². The van der Waals surface area contributed by atoms with Crippen molar-refractivity contribution in [1.29, 1.82) is 0 Å².